The first-order valence-electron chi connectivity index (χ1n) is 6.96. The van der Waals surface area contributed by atoms with Gasteiger partial charge in [0, 0.05) is 23.7 Å². The normalized spacial score (nSPS) is 14.7. The van der Waals surface area contributed by atoms with Crippen molar-refractivity contribution in [2.45, 2.75) is 24.4 Å². The summed E-state index contributed by atoms with van der Waals surface area (Å²) in [5.74, 6) is -1.06. The van der Waals surface area contributed by atoms with Crippen LogP contribution in [0.4, 0.5) is 5.69 Å². The van der Waals surface area contributed by atoms with Gasteiger partial charge in [-0.15, -0.1) is 11.3 Å². The summed E-state index contributed by atoms with van der Waals surface area (Å²) in [5, 5.41) is 8.84. The molecule has 0 atom stereocenters. The third-order valence-corrected chi connectivity index (χ3v) is 6.40. The summed E-state index contributed by atoms with van der Waals surface area (Å²) >= 11 is 1.18. The Morgan fingerprint density at radius 3 is 2.61 bits per heavy atom. The first-order chi connectivity index (χ1) is 10.9. The lowest BCUT2D eigenvalue weighted by atomic mass is 10.2. The Labute approximate surface area is 137 Å². The minimum absolute atomic E-state index is 0.0422. The summed E-state index contributed by atoms with van der Waals surface area (Å²) in [6.07, 6.45) is 0. The molecular formula is C14H15N3O4S2. The van der Waals surface area contributed by atoms with E-state index >= 15 is 0 Å². The Kier molecular flexibility index (Phi) is 4.09. The number of carbonyl (C=O) groups is 1. The summed E-state index contributed by atoms with van der Waals surface area (Å²) in [5.41, 5.74) is 1.22. The molecule has 0 radical (unpaired) electrons. The van der Waals surface area contributed by atoms with Gasteiger partial charge >= 0.3 is 5.97 Å². The fourth-order valence-corrected chi connectivity index (χ4v) is 4.77. The summed E-state index contributed by atoms with van der Waals surface area (Å²) in [4.78, 5) is 18.2. The van der Waals surface area contributed by atoms with E-state index in [1.807, 2.05) is 0 Å². The number of rotatable bonds is 5. The number of thiazole rings is 1. The molecule has 122 valence electrons. The molecule has 0 spiro atoms. The molecule has 1 aliphatic heterocycles. The number of carboxylic acid groups (broad SMARTS) is 1. The van der Waals surface area contributed by atoms with Crippen molar-refractivity contribution in [3.63, 3.8) is 0 Å². The molecule has 0 fully saturated rings. The number of aromatic nitrogens is 1. The van der Waals surface area contributed by atoms with Gasteiger partial charge in [0.15, 0.2) is 0 Å². The fourth-order valence-electron chi connectivity index (χ4n) is 2.30. The van der Waals surface area contributed by atoms with Crippen molar-refractivity contribution in [3.05, 3.63) is 40.4 Å². The van der Waals surface area contributed by atoms with Crippen LogP contribution in [0.2, 0.25) is 0 Å². The predicted octanol–water partition coefficient (Wildman–Crippen LogP) is 1.98. The first kappa shape index (κ1) is 15.9. The zero-order valence-electron chi connectivity index (χ0n) is 12.3. The van der Waals surface area contributed by atoms with Gasteiger partial charge in [-0.3, -0.25) is 9.62 Å². The molecule has 0 bridgehead atoms. The molecule has 1 aromatic heterocycles. The maximum Gasteiger partial charge on any atom is 0.335 e. The van der Waals surface area contributed by atoms with Gasteiger partial charge in [-0.05, 0) is 30.8 Å². The third-order valence-electron chi connectivity index (χ3n) is 3.56. The number of sulfonamides is 1. The van der Waals surface area contributed by atoms with E-state index in [1.54, 1.807) is 0 Å². The summed E-state index contributed by atoms with van der Waals surface area (Å²) < 4.78 is 27.2. The molecule has 7 nitrogen and oxygen atoms in total. The Hall–Kier alpha value is -1.97. The fraction of sp³-hybridized carbons (Fsp3) is 0.286. The number of nitrogens with zero attached hydrogens (tertiary/aromatic N) is 2. The van der Waals surface area contributed by atoms with E-state index in [9.17, 15) is 13.2 Å². The molecule has 1 aliphatic rings. The van der Waals surface area contributed by atoms with Crippen molar-refractivity contribution in [1.82, 2.24) is 9.88 Å². The second-order valence-electron chi connectivity index (χ2n) is 5.14. The lowest BCUT2D eigenvalue weighted by molar-refractivity contribution is 0.0697. The quantitative estimate of drug-likeness (QED) is 0.853. The third kappa shape index (κ3) is 3.21. The number of anilines is 1. The molecule has 1 aromatic carbocycles. The highest BCUT2D eigenvalue weighted by Crippen LogP contribution is 2.31. The number of nitrogens with one attached hydrogen (secondary N) is 1. The van der Waals surface area contributed by atoms with E-state index in [0.29, 0.717) is 12.2 Å². The zero-order valence-corrected chi connectivity index (χ0v) is 13.9. The van der Waals surface area contributed by atoms with Crippen LogP contribution in [-0.4, -0.2) is 35.9 Å². The summed E-state index contributed by atoms with van der Waals surface area (Å²) in [6, 6.07) is 5.53. The minimum atomic E-state index is -3.76. The number of aromatic carboxylic acids is 1. The Bertz CT molecular complexity index is 820. The molecule has 23 heavy (non-hydrogen) atoms. The van der Waals surface area contributed by atoms with Crippen LogP contribution in [0, 0.1) is 0 Å². The second kappa shape index (κ2) is 5.91. The Balaban J connectivity index is 1.79. The average molecular weight is 353 g/mol. The van der Waals surface area contributed by atoms with E-state index in [0.717, 1.165) is 23.7 Å². The van der Waals surface area contributed by atoms with E-state index in [-0.39, 0.29) is 9.90 Å². The summed E-state index contributed by atoms with van der Waals surface area (Å²) in [6.45, 7) is 4.35. The van der Waals surface area contributed by atoms with Crippen molar-refractivity contribution >= 4 is 33.0 Å². The van der Waals surface area contributed by atoms with Gasteiger partial charge in [-0.1, -0.05) is 6.92 Å². The number of benzene rings is 1. The zero-order chi connectivity index (χ0) is 16.6. The van der Waals surface area contributed by atoms with Crippen molar-refractivity contribution in [2.24, 2.45) is 0 Å². The second-order valence-corrected chi connectivity index (χ2v) is 8.08. The van der Waals surface area contributed by atoms with E-state index < -0.39 is 16.0 Å². The van der Waals surface area contributed by atoms with Gasteiger partial charge < -0.3 is 5.11 Å². The number of hydrogen-bond acceptors (Lipinski definition) is 6. The molecule has 3 rings (SSSR count). The van der Waals surface area contributed by atoms with Crippen molar-refractivity contribution in [3.8, 4) is 0 Å². The van der Waals surface area contributed by atoms with Gasteiger partial charge in [-0.25, -0.2) is 9.78 Å². The highest BCUT2D eigenvalue weighted by molar-refractivity contribution is 7.94. The van der Waals surface area contributed by atoms with Gasteiger partial charge in [0.2, 0.25) is 4.34 Å². The smallest absolute Gasteiger partial charge is 0.335 e. The Morgan fingerprint density at radius 2 is 2.04 bits per heavy atom. The van der Waals surface area contributed by atoms with Crippen LogP contribution in [0.3, 0.4) is 0 Å². The summed E-state index contributed by atoms with van der Waals surface area (Å²) in [7, 11) is -3.76. The number of hydrogen-bond donors (Lipinski definition) is 2. The molecular weight excluding hydrogens is 338 g/mol. The largest absolute Gasteiger partial charge is 0.478 e. The predicted molar refractivity (Wildman–Crippen MR) is 86.1 cm³/mol. The molecule has 0 amide bonds. The molecule has 0 unspecified atom stereocenters. The molecule has 0 aliphatic carbocycles. The Morgan fingerprint density at radius 1 is 1.35 bits per heavy atom. The van der Waals surface area contributed by atoms with E-state index in [2.05, 4.69) is 21.5 Å². The van der Waals surface area contributed by atoms with Gasteiger partial charge in [0.25, 0.3) is 10.0 Å². The highest BCUT2D eigenvalue weighted by Gasteiger charge is 2.27. The minimum Gasteiger partial charge on any atom is -0.478 e. The van der Waals surface area contributed by atoms with Crippen LogP contribution < -0.4 is 4.72 Å². The van der Waals surface area contributed by atoms with Crippen LogP contribution in [0.1, 0.15) is 27.9 Å². The molecule has 0 saturated heterocycles. The van der Waals surface area contributed by atoms with E-state index in [1.165, 1.54) is 35.6 Å². The van der Waals surface area contributed by atoms with Crippen molar-refractivity contribution in [1.29, 1.82) is 0 Å². The van der Waals surface area contributed by atoms with Gasteiger partial charge in [-0.2, -0.15) is 8.42 Å². The molecule has 2 heterocycles. The molecule has 0 saturated carbocycles. The van der Waals surface area contributed by atoms with Crippen LogP contribution in [-0.2, 0) is 23.1 Å². The maximum atomic E-state index is 12.4. The van der Waals surface area contributed by atoms with Gasteiger partial charge in [0.05, 0.1) is 11.3 Å². The maximum absolute atomic E-state index is 12.4. The van der Waals surface area contributed by atoms with Crippen molar-refractivity contribution in [2.75, 3.05) is 11.3 Å². The van der Waals surface area contributed by atoms with Crippen LogP contribution >= 0.6 is 11.3 Å². The van der Waals surface area contributed by atoms with Crippen LogP contribution in [0.5, 0.6) is 0 Å². The lowest BCUT2D eigenvalue weighted by Crippen LogP contribution is -2.16. The highest BCUT2D eigenvalue weighted by atomic mass is 32.2. The number of fused-ring (bicyclic) bond motifs is 1. The standard InChI is InChI=1S/C14H15N3O4S2/c1-2-17-7-11-12(8-17)22-14(15-11)23(20,21)16-10-5-3-9(4-6-10)13(18)19/h3-6,16H,2,7-8H2,1H3,(H,18,19). The lowest BCUT2D eigenvalue weighted by Gasteiger charge is -2.10. The van der Waals surface area contributed by atoms with Crippen LogP contribution in [0.25, 0.3) is 0 Å². The monoisotopic (exact) mass is 353 g/mol. The molecule has 2 aromatic rings. The molecule has 9 heteroatoms. The number of carboxylic acids is 1. The SMILES string of the molecule is CCN1Cc2nc(S(=O)(=O)Nc3ccc(C(=O)O)cc3)sc2C1. The first-order valence-corrected chi connectivity index (χ1v) is 9.26. The van der Waals surface area contributed by atoms with E-state index in [4.69, 9.17) is 5.11 Å². The van der Waals surface area contributed by atoms with Gasteiger partial charge in [0.1, 0.15) is 0 Å². The van der Waals surface area contributed by atoms with Crippen molar-refractivity contribution < 1.29 is 18.3 Å². The molecule has 2 N–H and O–H groups in total. The van der Waals surface area contributed by atoms with Crippen LogP contribution in [0.15, 0.2) is 28.6 Å². The average Bonchev–Trinajstić information content (AvgIpc) is 3.05. The topological polar surface area (TPSA) is 99.6 Å².